The van der Waals surface area contributed by atoms with E-state index in [-0.39, 0.29) is 10.8 Å². The van der Waals surface area contributed by atoms with Gasteiger partial charge in [-0.1, -0.05) is 11.6 Å². The van der Waals surface area contributed by atoms with Crippen molar-refractivity contribution in [2.24, 2.45) is 0 Å². The first-order valence-electron chi connectivity index (χ1n) is 10.4. The van der Waals surface area contributed by atoms with Crippen LogP contribution in [0.4, 0.5) is 17.1 Å². The molecule has 0 unspecified atom stereocenters. The molecule has 2 aromatic rings. The van der Waals surface area contributed by atoms with Crippen LogP contribution in [0, 0.1) is 0 Å². The summed E-state index contributed by atoms with van der Waals surface area (Å²) >= 11 is 6.43. The average molecular weight is 479 g/mol. The highest BCUT2D eigenvalue weighted by Gasteiger charge is 2.23. The molecule has 1 atom stereocenters. The Morgan fingerprint density at radius 3 is 2.19 bits per heavy atom. The molecule has 1 fully saturated rings. The molecule has 0 spiro atoms. The molecular weight excluding hydrogens is 452 g/mol. The van der Waals surface area contributed by atoms with Crippen molar-refractivity contribution in [3.05, 3.63) is 47.5 Å². The molecule has 3 rings (SSSR count). The number of hydrogen-bond donors (Lipinski definition) is 3. The molecule has 0 aromatic heterocycles. The number of rotatable bonds is 7. The van der Waals surface area contributed by atoms with Crippen molar-refractivity contribution in [2.45, 2.75) is 44.0 Å². The van der Waals surface area contributed by atoms with Crippen molar-refractivity contribution in [3.8, 4) is 0 Å². The van der Waals surface area contributed by atoms with E-state index in [1.165, 1.54) is 44.5 Å². The minimum absolute atomic E-state index is 0.0137. The number of carbonyl (C=O) groups is 2. The number of nitrogens with zero attached hydrogens (tertiary/aromatic N) is 1. The molecule has 0 aliphatic carbocycles. The monoisotopic (exact) mass is 478 g/mol. The number of anilines is 3. The Hall–Kier alpha value is -2.62. The van der Waals surface area contributed by atoms with Crippen LogP contribution in [0.5, 0.6) is 0 Å². The van der Waals surface area contributed by atoms with Gasteiger partial charge in [0.25, 0.3) is 0 Å². The van der Waals surface area contributed by atoms with Crippen LogP contribution < -0.4 is 20.3 Å². The van der Waals surface area contributed by atoms with Crippen molar-refractivity contribution >= 4 is 50.5 Å². The van der Waals surface area contributed by atoms with Gasteiger partial charge >= 0.3 is 0 Å². The van der Waals surface area contributed by atoms with Gasteiger partial charge in [-0.3, -0.25) is 9.59 Å². The van der Waals surface area contributed by atoms with Gasteiger partial charge < -0.3 is 15.5 Å². The van der Waals surface area contributed by atoms with E-state index in [4.69, 9.17) is 11.6 Å². The van der Waals surface area contributed by atoms with Gasteiger partial charge in [0, 0.05) is 31.4 Å². The summed E-state index contributed by atoms with van der Waals surface area (Å²) in [6.07, 6.45) is 3.47. The van der Waals surface area contributed by atoms with Crippen molar-refractivity contribution in [3.63, 3.8) is 0 Å². The maximum Gasteiger partial charge on any atom is 0.242 e. The Morgan fingerprint density at radius 1 is 0.969 bits per heavy atom. The van der Waals surface area contributed by atoms with E-state index >= 15 is 0 Å². The highest BCUT2D eigenvalue weighted by atomic mass is 35.5. The SMILES string of the molecule is CC(=O)Nc1ccc(S(=O)(=O)N[C@@H](C)C(=O)Nc2ccc(N3CCCCC3)c(Cl)c2)cc1. The first-order valence-corrected chi connectivity index (χ1v) is 12.3. The largest absolute Gasteiger partial charge is 0.370 e. The fourth-order valence-corrected chi connectivity index (χ4v) is 5.00. The first-order chi connectivity index (χ1) is 15.2. The molecular formula is C22H27ClN4O4S. The van der Waals surface area contributed by atoms with E-state index in [2.05, 4.69) is 20.3 Å². The second kappa shape index (κ2) is 10.3. The lowest BCUT2D eigenvalue weighted by atomic mass is 10.1. The molecule has 172 valence electrons. The van der Waals surface area contributed by atoms with Crippen LogP contribution in [0.1, 0.15) is 33.1 Å². The third-order valence-corrected chi connectivity index (χ3v) is 6.98. The summed E-state index contributed by atoms with van der Waals surface area (Å²) in [5.74, 6) is -0.765. The summed E-state index contributed by atoms with van der Waals surface area (Å²) in [5.41, 5.74) is 1.90. The number of halogens is 1. The fourth-order valence-electron chi connectivity index (χ4n) is 3.50. The normalized spacial score (nSPS) is 15.2. The van der Waals surface area contributed by atoms with Crippen molar-refractivity contribution in [2.75, 3.05) is 28.6 Å². The van der Waals surface area contributed by atoms with Crippen molar-refractivity contribution in [1.29, 1.82) is 0 Å². The minimum atomic E-state index is -3.93. The van der Waals surface area contributed by atoms with Gasteiger partial charge in [0.05, 0.1) is 21.6 Å². The maximum absolute atomic E-state index is 12.6. The van der Waals surface area contributed by atoms with Gasteiger partial charge in [-0.05, 0) is 68.7 Å². The lowest BCUT2D eigenvalue weighted by molar-refractivity contribution is -0.117. The third-order valence-electron chi connectivity index (χ3n) is 5.12. The van der Waals surface area contributed by atoms with Crippen LogP contribution in [-0.4, -0.2) is 39.4 Å². The van der Waals surface area contributed by atoms with E-state index < -0.39 is 22.0 Å². The van der Waals surface area contributed by atoms with Crippen LogP contribution in [0.15, 0.2) is 47.4 Å². The Morgan fingerprint density at radius 2 is 1.59 bits per heavy atom. The van der Waals surface area contributed by atoms with Gasteiger partial charge in [-0.15, -0.1) is 0 Å². The molecule has 1 aliphatic heterocycles. The van der Waals surface area contributed by atoms with Crippen LogP contribution in [0.3, 0.4) is 0 Å². The molecule has 2 aromatic carbocycles. The van der Waals surface area contributed by atoms with Crippen molar-refractivity contribution < 1.29 is 18.0 Å². The molecule has 8 nitrogen and oxygen atoms in total. The quantitative estimate of drug-likeness (QED) is 0.563. The van der Waals surface area contributed by atoms with Gasteiger partial charge in [0.2, 0.25) is 21.8 Å². The number of nitrogens with one attached hydrogen (secondary N) is 3. The topological polar surface area (TPSA) is 108 Å². The molecule has 0 bridgehead atoms. The Labute approximate surface area is 193 Å². The smallest absolute Gasteiger partial charge is 0.242 e. The zero-order valence-corrected chi connectivity index (χ0v) is 19.6. The molecule has 3 N–H and O–H groups in total. The van der Waals surface area contributed by atoms with Crippen LogP contribution in [0.2, 0.25) is 5.02 Å². The number of carbonyl (C=O) groups excluding carboxylic acids is 2. The Kier molecular flexibility index (Phi) is 7.76. The predicted molar refractivity (Wildman–Crippen MR) is 127 cm³/mol. The van der Waals surface area contributed by atoms with Crippen molar-refractivity contribution in [1.82, 2.24) is 4.72 Å². The molecule has 0 saturated carbocycles. The third kappa shape index (κ3) is 6.21. The molecule has 1 saturated heterocycles. The second-order valence-electron chi connectivity index (χ2n) is 7.75. The number of sulfonamides is 1. The standard InChI is InChI=1S/C22H27ClN4O4S/c1-15(26-32(30,31)19-9-6-17(7-10-19)24-16(2)28)22(29)25-18-8-11-21(20(23)14-18)27-12-4-3-5-13-27/h6-11,14-15,26H,3-5,12-13H2,1-2H3,(H,24,28)(H,25,29)/t15-/m0/s1. The summed E-state index contributed by atoms with van der Waals surface area (Å²) in [4.78, 5) is 25.9. The molecule has 1 heterocycles. The Balaban J connectivity index is 1.62. The molecule has 10 heteroatoms. The number of piperidine rings is 1. The van der Waals surface area contributed by atoms with Gasteiger partial charge in [-0.25, -0.2) is 8.42 Å². The van der Waals surface area contributed by atoms with E-state index in [9.17, 15) is 18.0 Å². The summed E-state index contributed by atoms with van der Waals surface area (Å²) in [6, 6.07) is 9.96. The fraction of sp³-hybridized carbons (Fsp3) is 0.364. The first kappa shape index (κ1) is 24.0. The zero-order valence-electron chi connectivity index (χ0n) is 18.0. The van der Waals surface area contributed by atoms with Crippen LogP contribution in [0.25, 0.3) is 0 Å². The second-order valence-corrected chi connectivity index (χ2v) is 9.87. The van der Waals surface area contributed by atoms with E-state index in [0.29, 0.717) is 16.4 Å². The predicted octanol–water partition coefficient (Wildman–Crippen LogP) is 3.59. The minimum Gasteiger partial charge on any atom is -0.370 e. The van der Waals surface area contributed by atoms with E-state index in [0.717, 1.165) is 31.6 Å². The number of benzene rings is 2. The zero-order chi connectivity index (χ0) is 23.3. The number of hydrogen-bond acceptors (Lipinski definition) is 5. The average Bonchev–Trinajstić information content (AvgIpc) is 2.74. The molecule has 32 heavy (non-hydrogen) atoms. The van der Waals surface area contributed by atoms with Gasteiger partial charge in [0.1, 0.15) is 0 Å². The van der Waals surface area contributed by atoms with E-state index in [1.807, 2.05) is 6.07 Å². The number of amides is 2. The summed E-state index contributed by atoms with van der Waals surface area (Å²) < 4.78 is 27.6. The van der Waals surface area contributed by atoms with Crippen LogP contribution in [-0.2, 0) is 19.6 Å². The highest BCUT2D eigenvalue weighted by Crippen LogP contribution is 2.30. The summed E-state index contributed by atoms with van der Waals surface area (Å²) in [7, 11) is -3.93. The maximum atomic E-state index is 12.6. The Bertz CT molecular complexity index is 1080. The lowest BCUT2D eigenvalue weighted by Crippen LogP contribution is -2.41. The van der Waals surface area contributed by atoms with E-state index in [1.54, 1.807) is 12.1 Å². The van der Waals surface area contributed by atoms with Gasteiger partial charge in [-0.2, -0.15) is 4.72 Å². The molecule has 1 aliphatic rings. The molecule has 2 amide bonds. The molecule has 0 radical (unpaired) electrons. The summed E-state index contributed by atoms with van der Waals surface area (Å²) in [5, 5.41) is 5.81. The van der Waals surface area contributed by atoms with Gasteiger partial charge in [0.15, 0.2) is 0 Å². The highest BCUT2D eigenvalue weighted by molar-refractivity contribution is 7.89. The van der Waals surface area contributed by atoms with Crippen LogP contribution >= 0.6 is 11.6 Å². The summed E-state index contributed by atoms with van der Waals surface area (Å²) in [6.45, 7) is 4.73. The lowest BCUT2D eigenvalue weighted by Gasteiger charge is -2.29.